The van der Waals surface area contributed by atoms with E-state index in [9.17, 15) is 4.79 Å². The largest absolute Gasteiger partial charge is 0.508 e. The molecule has 1 unspecified atom stereocenters. The van der Waals surface area contributed by atoms with Crippen molar-refractivity contribution in [2.45, 2.75) is 31.6 Å². The molecular formula is C25H22N2O4. The summed E-state index contributed by atoms with van der Waals surface area (Å²) in [5.74, 6) is -0.196. The first-order valence-corrected chi connectivity index (χ1v) is 10.2. The van der Waals surface area contributed by atoms with E-state index < -0.39 is 5.97 Å². The minimum Gasteiger partial charge on any atom is -0.508 e. The average molecular weight is 414 g/mol. The number of nitrogens with zero attached hydrogens (tertiary/aromatic N) is 2. The topological polar surface area (TPSA) is 103 Å². The number of aromatic nitrogens is 1. The Hall–Kier alpha value is -3.85. The fourth-order valence-corrected chi connectivity index (χ4v) is 4.20. The van der Waals surface area contributed by atoms with Gasteiger partial charge in [-0.2, -0.15) is 5.26 Å². The van der Waals surface area contributed by atoms with Crippen LogP contribution >= 0.6 is 0 Å². The maximum absolute atomic E-state index is 10.5. The van der Waals surface area contributed by atoms with Gasteiger partial charge in [0.15, 0.2) is 0 Å². The van der Waals surface area contributed by atoms with Crippen LogP contribution in [-0.4, -0.2) is 27.8 Å². The molecule has 1 atom stereocenters. The van der Waals surface area contributed by atoms with E-state index in [4.69, 9.17) is 20.2 Å². The first kappa shape index (κ1) is 20.4. The number of aliphatic carboxylic acids is 1. The van der Waals surface area contributed by atoms with Crippen molar-refractivity contribution in [3.8, 4) is 28.8 Å². The van der Waals surface area contributed by atoms with Gasteiger partial charge in [0, 0.05) is 29.3 Å². The van der Waals surface area contributed by atoms with Crippen LogP contribution in [0.4, 0.5) is 0 Å². The summed E-state index contributed by atoms with van der Waals surface area (Å²) in [5, 5.41) is 27.0. The van der Waals surface area contributed by atoms with Gasteiger partial charge < -0.3 is 14.9 Å². The molecule has 5 rings (SSSR count). The Bertz CT molecular complexity index is 1170. The minimum absolute atomic E-state index is 0.0672. The monoisotopic (exact) mass is 414 g/mol. The maximum atomic E-state index is 10.5. The standard InChI is InChI=1S/C15H12N2.C10H10O4/c16-10-12-6-3-9-17-15(12)14-8-2-5-11-4-1-7-13(11)14;11-7-1-2-8-6(3-10(12)13)5-14-9(8)4-7/h2-3,5-6,8-9H,1,4,7H2;1-2,4,6,11H,3,5H2,(H,12,13). The lowest BCUT2D eigenvalue weighted by Gasteiger charge is -2.08. The molecule has 1 aromatic heterocycles. The van der Waals surface area contributed by atoms with Crippen molar-refractivity contribution in [2.24, 2.45) is 0 Å². The van der Waals surface area contributed by atoms with Crippen molar-refractivity contribution in [3.05, 3.63) is 77.0 Å². The molecule has 0 bridgehead atoms. The van der Waals surface area contributed by atoms with E-state index in [0.29, 0.717) is 17.9 Å². The number of carboxylic acid groups (broad SMARTS) is 1. The van der Waals surface area contributed by atoms with Gasteiger partial charge in [-0.25, -0.2) is 0 Å². The predicted octanol–water partition coefficient (Wildman–Crippen LogP) is 4.45. The number of phenolic OH excluding ortho intramolecular Hbond substituents is 1. The third kappa shape index (κ3) is 4.36. The molecule has 2 heterocycles. The number of ether oxygens (including phenoxy) is 1. The number of hydrogen-bond donors (Lipinski definition) is 2. The average Bonchev–Trinajstić information content (AvgIpc) is 3.40. The number of carbonyl (C=O) groups is 1. The third-order valence-corrected chi connectivity index (χ3v) is 5.63. The molecule has 31 heavy (non-hydrogen) atoms. The molecule has 1 aliphatic carbocycles. The zero-order valence-corrected chi connectivity index (χ0v) is 16.9. The van der Waals surface area contributed by atoms with Crippen LogP contribution in [0.1, 0.15) is 41.0 Å². The molecule has 2 aromatic carbocycles. The Balaban J connectivity index is 0.000000152. The van der Waals surface area contributed by atoms with E-state index >= 15 is 0 Å². The van der Waals surface area contributed by atoms with Crippen LogP contribution in [0.15, 0.2) is 54.7 Å². The van der Waals surface area contributed by atoms with E-state index in [-0.39, 0.29) is 18.1 Å². The molecule has 0 spiro atoms. The summed E-state index contributed by atoms with van der Waals surface area (Å²) in [6, 6.07) is 17.0. The van der Waals surface area contributed by atoms with Gasteiger partial charge in [0.25, 0.3) is 0 Å². The lowest BCUT2D eigenvalue weighted by Crippen LogP contribution is -2.07. The van der Waals surface area contributed by atoms with Crippen LogP contribution in [0, 0.1) is 11.3 Å². The molecule has 0 fully saturated rings. The molecule has 2 N–H and O–H groups in total. The Kier molecular flexibility index (Phi) is 5.85. The van der Waals surface area contributed by atoms with Crippen molar-refractivity contribution in [1.29, 1.82) is 5.26 Å². The second-order valence-electron chi connectivity index (χ2n) is 7.64. The van der Waals surface area contributed by atoms with Gasteiger partial charge in [-0.05, 0) is 48.6 Å². The molecule has 0 saturated carbocycles. The number of fused-ring (bicyclic) bond motifs is 2. The third-order valence-electron chi connectivity index (χ3n) is 5.63. The SMILES string of the molecule is N#Cc1cccnc1-c1cccc2c1CCC2.O=C(O)CC1COc2cc(O)ccc21. The summed E-state index contributed by atoms with van der Waals surface area (Å²) in [6.45, 7) is 0.380. The fourth-order valence-electron chi connectivity index (χ4n) is 4.20. The lowest BCUT2D eigenvalue weighted by atomic mass is 9.98. The molecule has 6 heteroatoms. The Labute approximate surface area is 180 Å². The highest BCUT2D eigenvalue weighted by Crippen LogP contribution is 2.37. The quantitative estimate of drug-likeness (QED) is 0.656. The summed E-state index contributed by atoms with van der Waals surface area (Å²) in [7, 11) is 0. The van der Waals surface area contributed by atoms with Crippen LogP contribution in [-0.2, 0) is 17.6 Å². The van der Waals surface area contributed by atoms with E-state index in [0.717, 1.165) is 29.7 Å². The Morgan fingerprint density at radius 3 is 2.87 bits per heavy atom. The highest BCUT2D eigenvalue weighted by atomic mass is 16.5. The summed E-state index contributed by atoms with van der Waals surface area (Å²) in [5.41, 5.74) is 6.28. The summed E-state index contributed by atoms with van der Waals surface area (Å²) in [4.78, 5) is 14.9. The van der Waals surface area contributed by atoms with Gasteiger partial charge in [-0.15, -0.1) is 0 Å². The van der Waals surface area contributed by atoms with E-state index in [1.807, 2.05) is 12.1 Å². The van der Waals surface area contributed by atoms with Crippen LogP contribution < -0.4 is 4.74 Å². The normalized spacial score (nSPS) is 15.6. The molecule has 0 radical (unpaired) electrons. The highest BCUT2D eigenvalue weighted by molar-refractivity contribution is 5.71. The maximum Gasteiger partial charge on any atom is 0.304 e. The van der Waals surface area contributed by atoms with E-state index in [1.165, 1.54) is 23.6 Å². The molecule has 3 aromatic rings. The van der Waals surface area contributed by atoms with Crippen molar-refractivity contribution in [2.75, 3.05) is 6.61 Å². The molecule has 6 nitrogen and oxygen atoms in total. The number of nitriles is 1. The number of aryl methyl sites for hydroxylation is 1. The summed E-state index contributed by atoms with van der Waals surface area (Å²) in [6.07, 6.45) is 5.29. The zero-order chi connectivity index (χ0) is 21.8. The van der Waals surface area contributed by atoms with Gasteiger partial charge in [0.05, 0.1) is 24.3 Å². The number of carboxylic acids is 1. The Morgan fingerprint density at radius 1 is 1.19 bits per heavy atom. The minimum atomic E-state index is -0.834. The molecule has 1 aliphatic heterocycles. The zero-order valence-electron chi connectivity index (χ0n) is 16.9. The van der Waals surface area contributed by atoms with Crippen molar-refractivity contribution >= 4 is 5.97 Å². The molecule has 0 saturated heterocycles. The highest BCUT2D eigenvalue weighted by Gasteiger charge is 2.26. The molecular weight excluding hydrogens is 392 g/mol. The lowest BCUT2D eigenvalue weighted by molar-refractivity contribution is -0.137. The number of pyridine rings is 1. The predicted molar refractivity (Wildman–Crippen MR) is 115 cm³/mol. The van der Waals surface area contributed by atoms with Crippen LogP contribution in [0.25, 0.3) is 11.3 Å². The van der Waals surface area contributed by atoms with Gasteiger partial charge in [0.2, 0.25) is 0 Å². The Morgan fingerprint density at radius 2 is 2.06 bits per heavy atom. The first-order valence-electron chi connectivity index (χ1n) is 10.2. The van der Waals surface area contributed by atoms with E-state index in [2.05, 4.69) is 29.3 Å². The number of hydrogen-bond acceptors (Lipinski definition) is 5. The van der Waals surface area contributed by atoms with Gasteiger partial charge in [0.1, 0.15) is 17.6 Å². The van der Waals surface area contributed by atoms with Crippen LogP contribution in [0.3, 0.4) is 0 Å². The second kappa shape index (κ2) is 8.88. The second-order valence-corrected chi connectivity index (χ2v) is 7.64. The smallest absolute Gasteiger partial charge is 0.304 e. The fraction of sp³-hybridized carbons (Fsp3) is 0.240. The number of aromatic hydroxyl groups is 1. The first-order chi connectivity index (χ1) is 15.1. The van der Waals surface area contributed by atoms with Crippen molar-refractivity contribution in [3.63, 3.8) is 0 Å². The van der Waals surface area contributed by atoms with Crippen LogP contribution in [0.2, 0.25) is 0 Å². The van der Waals surface area contributed by atoms with Gasteiger partial charge in [-0.3, -0.25) is 9.78 Å². The molecule has 156 valence electrons. The van der Waals surface area contributed by atoms with Crippen molar-refractivity contribution in [1.82, 2.24) is 4.98 Å². The molecule has 2 aliphatic rings. The van der Waals surface area contributed by atoms with Crippen molar-refractivity contribution < 1.29 is 19.7 Å². The molecule has 0 amide bonds. The van der Waals surface area contributed by atoms with Gasteiger partial charge in [-0.1, -0.05) is 24.3 Å². The van der Waals surface area contributed by atoms with Crippen LogP contribution in [0.5, 0.6) is 11.5 Å². The van der Waals surface area contributed by atoms with Gasteiger partial charge >= 0.3 is 5.97 Å². The summed E-state index contributed by atoms with van der Waals surface area (Å²) < 4.78 is 5.27. The summed E-state index contributed by atoms with van der Waals surface area (Å²) >= 11 is 0. The number of benzene rings is 2. The number of phenols is 1. The number of rotatable bonds is 3. The van der Waals surface area contributed by atoms with E-state index in [1.54, 1.807) is 18.3 Å².